The molecule has 0 aliphatic rings. The molecule has 0 radical (unpaired) electrons. The van der Waals surface area contributed by atoms with Gasteiger partial charge < -0.3 is 10.8 Å². The van der Waals surface area contributed by atoms with Crippen LogP contribution in [0.5, 0.6) is 0 Å². The number of nitrogens with two attached hydrogens (primary N) is 1. The van der Waals surface area contributed by atoms with Gasteiger partial charge in [0.05, 0.1) is 5.56 Å². The van der Waals surface area contributed by atoms with Crippen molar-refractivity contribution in [3.8, 4) is 0 Å². The van der Waals surface area contributed by atoms with E-state index in [1.54, 1.807) is 0 Å². The number of aliphatic carboxylic acids is 1. The van der Waals surface area contributed by atoms with Gasteiger partial charge in [-0.25, -0.2) is 9.18 Å². The Kier molecular flexibility index (Phi) is 3.17. The summed E-state index contributed by atoms with van der Waals surface area (Å²) in [6.45, 7) is 0. The first-order valence-electron chi connectivity index (χ1n) is 4.01. The largest absolute Gasteiger partial charge is 0.478 e. The molecular formula is C10H8FNO3. The summed E-state index contributed by atoms with van der Waals surface area (Å²) in [6, 6.07) is 3.60. The van der Waals surface area contributed by atoms with Crippen LogP contribution in [0.2, 0.25) is 0 Å². The lowest BCUT2D eigenvalue weighted by atomic mass is 10.1. The number of carboxylic acids is 1. The Bertz CT molecular complexity index is 440. The van der Waals surface area contributed by atoms with Crippen LogP contribution in [0, 0.1) is 5.82 Å². The first-order chi connectivity index (χ1) is 7.00. The van der Waals surface area contributed by atoms with E-state index in [-0.39, 0.29) is 5.56 Å². The zero-order chi connectivity index (χ0) is 11.4. The summed E-state index contributed by atoms with van der Waals surface area (Å²) in [5, 5.41) is 8.36. The van der Waals surface area contributed by atoms with Crippen molar-refractivity contribution in [1.82, 2.24) is 0 Å². The fourth-order valence-electron chi connectivity index (χ4n) is 1.00. The van der Waals surface area contributed by atoms with Gasteiger partial charge in [-0.3, -0.25) is 4.79 Å². The number of amides is 1. The summed E-state index contributed by atoms with van der Waals surface area (Å²) in [4.78, 5) is 21.0. The number of hydrogen-bond acceptors (Lipinski definition) is 2. The first-order valence-corrected chi connectivity index (χ1v) is 4.01. The Labute approximate surface area is 84.8 Å². The molecule has 1 amide bonds. The second-order valence-electron chi connectivity index (χ2n) is 2.78. The van der Waals surface area contributed by atoms with Crippen molar-refractivity contribution in [2.24, 2.45) is 5.73 Å². The number of rotatable bonds is 3. The summed E-state index contributed by atoms with van der Waals surface area (Å²) < 4.78 is 13.0. The highest BCUT2D eigenvalue weighted by atomic mass is 19.1. The van der Waals surface area contributed by atoms with E-state index in [4.69, 9.17) is 10.8 Å². The van der Waals surface area contributed by atoms with E-state index in [2.05, 4.69) is 0 Å². The van der Waals surface area contributed by atoms with Gasteiger partial charge in [-0.1, -0.05) is 6.07 Å². The van der Waals surface area contributed by atoms with Crippen LogP contribution in [0.4, 0.5) is 4.39 Å². The van der Waals surface area contributed by atoms with Crippen LogP contribution >= 0.6 is 0 Å². The minimum atomic E-state index is -1.13. The normalized spacial score (nSPS) is 10.5. The van der Waals surface area contributed by atoms with Gasteiger partial charge in [0.25, 0.3) is 5.91 Å². The van der Waals surface area contributed by atoms with Crippen molar-refractivity contribution in [2.45, 2.75) is 0 Å². The average Bonchev–Trinajstić information content (AvgIpc) is 2.16. The van der Waals surface area contributed by atoms with Gasteiger partial charge in [0.2, 0.25) is 0 Å². The molecule has 0 saturated heterocycles. The summed E-state index contributed by atoms with van der Waals surface area (Å²) >= 11 is 0. The van der Waals surface area contributed by atoms with Gasteiger partial charge in [0.1, 0.15) is 5.82 Å². The quantitative estimate of drug-likeness (QED) is 0.729. The third-order valence-electron chi connectivity index (χ3n) is 1.67. The van der Waals surface area contributed by atoms with E-state index in [0.717, 1.165) is 12.1 Å². The Morgan fingerprint density at radius 1 is 1.40 bits per heavy atom. The van der Waals surface area contributed by atoms with Gasteiger partial charge in [-0.05, 0) is 23.8 Å². The number of benzene rings is 1. The molecule has 0 saturated carbocycles. The Hall–Kier alpha value is -2.17. The summed E-state index contributed by atoms with van der Waals surface area (Å²) in [5.74, 6) is -2.74. The molecule has 0 unspecified atom stereocenters. The maximum absolute atomic E-state index is 13.0. The van der Waals surface area contributed by atoms with Crippen molar-refractivity contribution in [3.05, 3.63) is 41.2 Å². The molecule has 15 heavy (non-hydrogen) atoms. The molecule has 1 aromatic rings. The van der Waals surface area contributed by atoms with E-state index < -0.39 is 17.7 Å². The molecule has 1 rings (SSSR count). The molecule has 0 aliphatic heterocycles. The zero-order valence-corrected chi connectivity index (χ0v) is 7.61. The minimum absolute atomic E-state index is 0.262. The molecule has 78 valence electrons. The van der Waals surface area contributed by atoms with Crippen molar-refractivity contribution in [2.75, 3.05) is 0 Å². The minimum Gasteiger partial charge on any atom is -0.478 e. The molecule has 0 bridgehead atoms. The SMILES string of the molecule is NC(=O)c1cc(/C=C/C(=O)O)ccc1F. The molecule has 1 aromatic carbocycles. The lowest BCUT2D eigenvalue weighted by Gasteiger charge is -1.99. The lowest BCUT2D eigenvalue weighted by Crippen LogP contribution is -2.13. The second kappa shape index (κ2) is 4.36. The number of hydrogen-bond donors (Lipinski definition) is 2. The Morgan fingerprint density at radius 2 is 2.07 bits per heavy atom. The molecular weight excluding hydrogens is 201 g/mol. The van der Waals surface area contributed by atoms with Crippen LogP contribution in [0.3, 0.4) is 0 Å². The predicted octanol–water partition coefficient (Wildman–Crippen LogP) is 1.02. The maximum Gasteiger partial charge on any atom is 0.328 e. The monoisotopic (exact) mass is 209 g/mol. The number of carbonyl (C=O) groups is 2. The molecule has 4 nitrogen and oxygen atoms in total. The van der Waals surface area contributed by atoms with E-state index in [1.165, 1.54) is 18.2 Å². The lowest BCUT2D eigenvalue weighted by molar-refractivity contribution is -0.131. The van der Waals surface area contributed by atoms with E-state index >= 15 is 0 Å². The maximum atomic E-state index is 13.0. The standard InChI is InChI=1S/C10H8FNO3/c11-8-3-1-6(2-4-9(13)14)5-7(8)10(12)15/h1-5H,(H2,12,15)(H,13,14)/b4-2+. The molecule has 0 aliphatic carbocycles. The molecule has 0 aromatic heterocycles. The van der Waals surface area contributed by atoms with Crippen molar-refractivity contribution < 1.29 is 19.1 Å². The van der Waals surface area contributed by atoms with Gasteiger partial charge >= 0.3 is 5.97 Å². The molecule has 0 heterocycles. The van der Waals surface area contributed by atoms with Crippen molar-refractivity contribution in [1.29, 1.82) is 0 Å². The molecule has 0 atom stereocenters. The van der Waals surface area contributed by atoms with Crippen LogP contribution in [-0.2, 0) is 4.79 Å². The topological polar surface area (TPSA) is 80.4 Å². The third-order valence-corrected chi connectivity index (χ3v) is 1.67. The molecule has 3 N–H and O–H groups in total. The fourth-order valence-corrected chi connectivity index (χ4v) is 1.00. The van der Waals surface area contributed by atoms with Crippen molar-refractivity contribution in [3.63, 3.8) is 0 Å². The highest BCUT2D eigenvalue weighted by molar-refractivity contribution is 5.94. The fraction of sp³-hybridized carbons (Fsp3) is 0. The third kappa shape index (κ3) is 2.91. The Balaban J connectivity index is 3.08. The first kappa shape index (κ1) is 10.9. The van der Waals surface area contributed by atoms with Gasteiger partial charge in [0.15, 0.2) is 0 Å². The smallest absolute Gasteiger partial charge is 0.328 e. The summed E-state index contributed by atoms with van der Waals surface area (Å²) in [5.41, 5.74) is 5.05. The highest BCUT2D eigenvalue weighted by Crippen LogP contribution is 2.11. The molecule has 5 heteroatoms. The Morgan fingerprint density at radius 3 is 2.60 bits per heavy atom. The van der Waals surface area contributed by atoms with Crippen LogP contribution in [-0.4, -0.2) is 17.0 Å². The van der Waals surface area contributed by atoms with Crippen LogP contribution in [0.25, 0.3) is 6.08 Å². The summed E-state index contributed by atoms with van der Waals surface area (Å²) in [7, 11) is 0. The number of halogens is 1. The highest BCUT2D eigenvalue weighted by Gasteiger charge is 2.07. The van der Waals surface area contributed by atoms with Crippen LogP contribution in [0.15, 0.2) is 24.3 Å². The van der Waals surface area contributed by atoms with E-state index in [0.29, 0.717) is 5.56 Å². The number of carbonyl (C=O) groups excluding carboxylic acids is 1. The zero-order valence-electron chi connectivity index (χ0n) is 7.61. The van der Waals surface area contributed by atoms with E-state index in [9.17, 15) is 14.0 Å². The van der Waals surface area contributed by atoms with E-state index in [1.807, 2.05) is 0 Å². The molecule has 0 fully saturated rings. The van der Waals surface area contributed by atoms with Gasteiger partial charge in [-0.15, -0.1) is 0 Å². The van der Waals surface area contributed by atoms with Crippen LogP contribution in [0.1, 0.15) is 15.9 Å². The van der Waals surface area contributed by atoms with Crippen molar-refractivity contribution >= 4 is 18.0 Å². The predicted molar refractivity (Wildman–Crippen MR) is 51.6 cm³/mol. The summed E-state index contributed by atoms with van der Waals surface area (Å²) in [6.07, 6.45) is 2.13. The van der Waals surface area contributed by atoms with Gasteiger partial charge in [0, 0.05) is 6.08 Å². The van der Waals surface area contributed by atoms with Crippen LogP contribution < -0.4 is 5.73 Å². The number of carboxylic acid groups (broad SMARTS) is 1. The average molecular weight is 209 g/mol. The van der Waals surface area contributed by atoms with Gasteiger partial charge in [-0.2, -0.15) is 0 Å². The number of primary amides is 1. The molecule has 0 spiro atoms. The second-order valence-corrected chi connectivity index (χ2v) is 2.78.